The number of hydrogen-bond acceptors (Lipinski definition) is 9. The van der Waals surface area contributed by atoms with Gasteiger partial charge in [0, 0.05) is 43.3 Å². The number of pyridine rings is 1. The molecule has 2 aliphatic rings. The van der Waals surface area contributed by atoms with Crippen LogP contribution in [0.2, 0.25) is 0 Å². The van der Waals surface area contributed by atoms with Gasteiger partial charge in [-0.15, -0.1) is 0 Å². The molecule has 5 rings (SSSR count). The molecule has 0 amide bonds. The second-order valence-corrected chi connectivity index (χ2v) is 13.5. The smallest absolute Gasteiger partial charge is 0.243 e. The van der Waals surface area contributed by atoms with Gasteiger partial charge in [-0.2, -0.15) is 4.31 Å². The highest BCUT2D eigenvalue weighted by Gasteiger charge is 2.44. The van der Waals surface area contributed by atoms with Crippen molar-refractivity contribution >= 4 is 30.9 Å². The first-order chi connectivity index (χ1) is 18.5. The average molecular weight is 577 g/mol. The molecule has 2 fully saturated rings. The topological polar surface area (TPSA) is 161 Å². The van der Waals surface area contributed by atoms with E-state index in [-0.39, 0.29) is 29.0 Å². The molecule has 1 aromatic heterocycles. The fourth-order valence-electron chi connectivity index (χ4n) is 5.12. The van der Waals surface area contributed by atoms with Crippen LogP contribution in [0.4, 0.5) is 0 Å². The van der Waals surface area contributed by atoms with Crippen LogP contribution in [0.3, 0.4) is 0 Å². The molecule has 0 radical (unpaired) electrons. The van der Waals surface area contributed by atoms with Gasteiger partial charge >= 0.3 is 0 Å². The highest BCUT2D eigenvalue weighted by atomic mass is 32.2. The largest absolute Gasteiger partial charge is 0.491 e. The Bertz CT molecular complexity index is 1540. The maximum Gasteiger partial charge on any atom is 0.243 e. The maximum atomic E-state index is 13.3. The van der Waals surface area contributed by atoms with Gasteiger partial charge in [0.2, 0.25) is 20.0 Å². The van der Waals surface area contributed by atoms with Crippen molar-refractivity contribution in [3.05, 3.63) is 60.8 Å². The predicted octanol–water partition coefficient (Wildman–Crippen LogP) is 1.22. The number of hydrogen-bond donors (Lipinski definition) is 3. The maximum absolute atomic E-state index is 13.3. The van der Waals surface area contributed by atoms with Gasteiger partial charge in [0.25, 0.3) is 0 Å². The van der Waals surface area contributed by atoms with Gasteiger partial charge in [0.1, 0.15) is 18.5 Å². The monoisotopic (exact) mass is 576 g/mol. The van der Waals surface area contributed by atoms with Crippen LogP contribution in [0, 0.1) is 0 Å². The summed E-state index contributed by atoms with van der Waals surface area (Å²) in [6.45, 7) is 1.44. The lowest BCUT2D eigenvalue weighted by atomic mass is 9.88. The van der Waals surface area contributed by atoms with Gasteiger partial charge in [0.15, 0.2) is 0 Å². The van der Waals surface area contributed by atoms with E-state index in [1.807, 2.05) is 6.07 Å². The number of nitrogens with two attached hydrogens (primary N) is 1. The van der Waals surface area contributed by atoms with Gasteiger partial charge in [-0.3, -0.25) is 4.98 Å². The minimum atomic E-state index is -3.84. The molecule has 210 valence electrons. The Hall–Kier alpha value is -2.65. The molecule has 0 aliphatic carbocycles. The summed E-state index contributed by atoms with van der Waals surface area (Å²) in [5.41, 5.74) is 0.354. The highest BCUT2D eigenvalue weighted by Crippen LogP contribution is 2.37. The summed E-state index contributed by atoms with van der Waals surface area (Å²) in [5, 5.41) is 19.6. The number of rotatable bonds is 9. The van der Waals surface area contributed by atoms with Crippen LogP contribution >= 0.6 is 0 Å². The second kappa shape index (κ2) is 11.1. The summed E-state index contributed by atoms with van der Waals surface area (Å²) in [6, 6.07) is 14.4. The van der Waals surface area contributed by atoms with Gasteiger partial charge < -0.3 is 19.9 Å². The van der Waals surface area contributed by atoms with E-state index in [2.05, 4.69) is 10.3 Å². The molecule has 39 heavy (non-hydrogen) atoms. The fraction of sp³-hybridized carbons (Fsp3) is 0.423. The van der Waals surface area contributed by atoms with Gasteiger partial charge in [-0.05, 0) is 55.7 Å². The zero-order valence-corrected chi connectivity index (χ0v) is 22.9. The Balaban J connectivity index is 1.10. The minimum absolute atomic E-state index is 0.0153. The van der Waals surface area contributed by atoms with Crippen molar-refractivity contribution in [2.24, 2.45) is 5.14 Å². The normalized spacial score (nSPS) is 20.8. The van der Waals surface area contributed by atoms with Crippen molar-refractivity contribution in [1.29, 1.82) is 0 Å². The van der Waals surface area contributed by atoms with E-state index >= 15 is 0 Å². The highest BCUT2D eigenvalue weighted by molar-refractivity contribution is 7.89. The molecule has 13 heteroatoms. The summed E-state index contributed by atoms with van der Waals surface area (Å²) in [6.07, 6.45) is 2.74. The van der Waals surface area contributed by atoms with Crippen LogP contribution in [-0.4, -0.2) is 81.8 Å². The Kier molecular flexibility index (Phi) is 7.93. The summed E-state index contributed by atoms with van der Waals surface area (Å²) in [4.78, 5) is 4.46. The lowest BCUT2D eigenvalue weighted by molar-refractivity contribution is -0.0312. The molecule has 2 saturated heterocycles. The summed E-state index contributed by atoms with van der Waals surface area (Å²) < 4.78 is 62.7. The van der Waals surface area contributed by atoms with Crippen molar-refractivity contribution in [3.63, 3.8) is 0 Å². The molecule has 1 spiro atoms. The standard InChI is InChI=1S/C26H32N4O7S2/c27-38(32,33)23-5-1-4-22(14-23)36-18-21(31)16-29-20-15-26(37-17-20)8-11-30(12-9-26)39(34,35)24-6-7-25-19(13-24)3-2-10-28-25/h1-7,10,13-14,20-21,29,31H,8-9,11-12,15-18H2,(H2,27,32,33)/t20-,21?/m1/s1. The summed E-state index contributed by atoms with van der Waals surface area (Å²) in [7, 11) is -7.47. The second-order valence-electron chi connectivity index (χ2n) is 10.1. The molecule has 11 nitrogen and oxygen atoms in total. The van der Waals surface area contributed by atoms with Crippen molar-refractivity contribution in [2.45, 2.75) is 46.8 Å². The van der Waals surface area contributed by atoms with E-state index in [0.29, 0.717) is 44.7 Å². The quantitative estimate of drug-likeness (QED) is 0.340. The third-order valence-corrected chi connectivity index (χ3v) is 10.1. The number of aromatic nitrogens is 1. The Morgan fingerprint density at radius 2 is 1.90 bits per heavy atom. The summed E-state index contributed by atoms with van der Waals surface area (Å²) in [5.74, 6) is 0.297. The molecule has 2 aliphatic heterocycles. The number of ether oxygens (including phenoxy) is 2. The van der Waals surface area contributed by atoms with Crippen LogP contribution in [0.5, 0.6) is 5.75 Å². The number of nitrogens with zero attached hydrogens (tertiary/aromatic N) is 2. The Morgan fingerprint density at radius 3 is 2.67 bits per heavy atom. The van der Waals surface area contributed by atoms with Crippen molar-refractivity contribution in [3.8, 4) is 5.75 Å². The van der Waals surface area contributed by atoms with Crippen LogP contribution in [0.1, 0.15) is 19.3 Å². The first-order valence-electron chi connectivity index (χ1n) is 12.7. The molecule has 0 bridgehead atoms. The van der Waals surface area contributed by atoms with E-state index in [1.54, 1.807) is 36.5 Å². The lowest BCUT2D eigenvalue weighted by Crippen LogP contribution is -2.47. The zero-order valence-electron chi connectivity index (χ0n) is 21.3. The fourth-order valence-corrected chi connectivity index (χ4v) is 7.14. The van der Waals surface area contributed by atoms with Crippen LogP contribution < -0.4 is 15.2 Å². The first-order valence-corrected chi connectivity index (χ1v) is 15.7. The Labute approximate surface area is 228 Å². The molecule has 0 saturated carbocycles. The molecule has 1 unspecified atom stereocenters. The SMILES string of the molecule is NS(=O)(=O)c1cccc(OCC(O)CN[C@H]2COC3(CCN(S(=O)(=O)c4ccc5ncccc5c4)CC3)C2)c1. The van der Waals surface area contributed by atoms with Gasteiger partial charge in [0.05, 0.1) is 27.5 Å². The van der Waals surface area contributed by atoms with E-state index in [9.17, 15) is 21.9 Å². The molecule has 2 atom stereocenters. The van der Waals surface area contributed by atoms with Crippen molar-refractivity contribution in [2.75, 3.05) is 32.8 Å². The molecular formula is C26H32N4O7S2. The first kappa shape index (κ1) is 27.9. The number of aliphatic hydroxyl groups is 1. The van der Waals surface area contributed by atoms with Crippen LogP contribution in [0.15, 0.2) is 70.6 Å². The molecular weight excluding hydrogens is 544 g/mol. The van der Waals surface area contributed by atoms with Crippen molar-refractivity contribution < 1.29 is 31.4 Å². The molecule has 2 aromatic carbocycles. The van der Waals surface area contributed by atoms with E-state index < -0.39 is 31.8 Å². The number of benzene rings is 2. The third-order valence-electron chi connectivity index (χ3n) is 7.27. The number of primary sulfonamides is 1. The van der Waals surface area contributed by atoms with E-state index in [0.717, 1.165) is 10.9 Å². The van der Waals surface area contributed by atoms with Crippen LogP contribution in [-0.2, 0) is 24.8 Å². The predicted molar refractivity (Wildman–Crippen MR) is 144 cm³/mol. The average Bonchev–Trinajstić information content (AvgIpc) is 3.32. The third kappa shape index (κ3) is 6.40. The number of nitrogens with one attached hydrogen (secondary N) is 1. The van der Waals surface area contributed by atoms with Gasteiger partial charge in [-0.25, -0.2) is 22.0 Å². The molecule has 3 aromatic rings. The number of sulfonamides is 2. The number of piperidine rings is 1. The van der Waals surface area contributed by atoms with E-state index in [1.165, 1.54) is 22.5 Å². The zero-order chi connectivity index (χ0) is 27.7. The van der Waals surface area contributed by atoms with Crippen molar-refractivity contribution in [1.82, 2.24) is 14.6 Å². The lowest BCUT2D eigenvalue weighted by Gasteiger charge is -2.38. The minimum Gasteiger partial charge on any atom is -0.491 e. The van der Waals surface area contributed by atoms with E-state index in [4.69, 9.17) is 14.6 Å². The molecule has 3 heterocycles. The Morgan fingerprint density at radius 1 is 1.10 bits per heavy atom. The molecule has 4 N–H and O–H groups in total. The summed E-state index contributed by atoms with van der Waals surface area (Å²) >= 11 is 0. The number of aliphatic hydroxyl groups excluding tert-OH is 1. The van der Waals surface area contributed by atoms with Crippen LogP contribution in [0.25, 0.3) is 10.9 Å². The number of fused-ring (bicyclic) bond motifs is 1. The van der Waals surface area contributed by atoms with Gasteiger partial charge in [-0.1, -0.05) is 12.1 Å².